The number of rotatable bonds is 9. The number of carbonyl (C=O) groups is 1. The van der Waals surface area contributed by atoms with Crippen LogP contribution in [0, 0.1) is 21.4 Å². The summed E-state index contributed by atoms with van der Waals surface area (Å²) in [6.45, 7) is -0.326. The molecule has 0 aliphatic rings. The molecule has 3 aromatic carbocycles. The predicted molar refractivity (Wildman–Crippen MR) is 130 cm³/mol. The number of benzene rings is 3. The smallest absolute Gasteiger partial charge is 0.416 e. The highest BCUT2D eigenvalue weighted by molar-refractivity contribution is 6.35. The maximum Gasteiger partial charge on any atom is 0.416 e. The number of ketones is 1. The van der Waals surface area contributed by atoms with Gasteiger partial charge in [-0.3, -0.25) is 14.9 Å². The summed E-state index contributed by atoms with van der Waals surface area (Å²) in [5.74, 6) is -2.16. The minimum Gasteiger partial charge on any atom is -0.486 e. The van der Waals surface area contributed by atoms with Crippen LogP contribution >= 0.6 is 34.8 Å². The first-order valence-corrected chi connectivity index (χ1v) is 11.4. The SMILES string of the molecule is N#CC(C(=O)CCOc1cc(Oc2ccc(C(F)(F)F)cc2Cl)ccc1[N+](=O)[O-])c1ccc(Cl)cc1Cl. The van der Waals surface area contributed by atoms with E-state index in [1.807, 2.05) is 6.07 Å². The fourth-order valence-corrected chi connectivity index (χ4v) is 3.90. The molecule has 0 aromatic heterocycles. The van der Waals surface area contributed by atoms with Crippen molar-refractivity contribution in [2.24, 2.45) is 0 Å². The summed E-state index contributed by atoms with van der Waals surface area (Å²) < 4.78 is 49.4. The summed E-state index contributed by atoms with van der Waals surface area (Å²) in [6.07, 6.45) is -4.89. The van der Waals surface area contributed by atoms with Crippen molar-refractivity contribution < 1.29 is 32.4 Å². The van der Waals surface area contributed by atoms with Crippen molar-refractivity contribution in [1.82, 2.24) is 0 Å². The van der Waals surface area contributed by atoms with E-state index < -0.39 is 34.1 Å². The Morgan fingerprint density at radius 1 is 1.03 bits per heavy atom. The minimum absolute atomic E-state index is 0.0172. The molecule has 0 aliphatic heterocycles. The molecule has 7 nitrogen and oxygen atoms in total. The third-order valence-electron chi connectivity index (χ3n) is 4.95. The second-order valence-electron chi connectivity index (χ2n) is 7.42. The largest absolute Gasteiger partial charge is 0.486 e. The molecule has 0 spiro atoms. The van der Waals surface area contributed by atoms with Crippen molar-refractivity contribution in [3.05, 3.63) is 90.9 Å². The maximum atomic E-state index is 12.8. The molecule has 0 fully saturated rings. The van der Waals surface area contributed by atoms with Crippen LogP contribution in [0.3, 0.4) is 0 Å². The van der Waals surface area contributed by atoms with Crippen LogP contribution < -0.4 is 9.47 Å². The Kier molecular flexibility index (Phi) is 8.86. The van der Waals surface area contributed by atoms with E-state index in [4.69, 9.17) is 44.3 Å². The van der Waals surface area contributed by atoms with Crippen molar-refractivity contribution in [2.45, 2.75) is 18.5 Å². The normalized spacial score (nSPS) is 11.9. The number of ether oxygens (including phenoxy) is 2. The van der Waals surface area contributed by atoms with Crippen molar-refractivity contribution in [3.63, 3.8) is 0 Å². The fourth-order valence-electron chi connectivity index (χ4n) is 3.17. The van der Waals surface area contributed by atoms with Crippen molar-refractivity contribution in [2.75, 3.05) is 6.61 Å². The van der Waals surface area contributed by atoms with Gasteiger partial charge in [0.15, 0.2) is 5.78 Å². The molecule has 0 N–H and O–H groups in total. The van der Waals surface area contributed by atoms with Gasteiger partial charge >= 0.3 is 11.9 Å². The third-order valence-corrected chi connectivity index (χ3v) is 5.80. The highest BCUT2D eigenvalue weighted by atomic mass is 35.5. The number of carbonyl (C=O) groups excluding carboxylic acids is 1. The molecule has 37 heavy (non-hydrogen) atoms. The lowest BCUT2D eigenvalue weighted by Crippen LogP contribution is -2.15. The van der Waals surface area contributed by atoms with Crippen LogP contribution in [0.15, 0.2) is 54.6 Å². The van der Waals surface area contributed by atoms with E-state index in [1.54, 1.807) is 0 Å². The van der Waals surface area contributed by atoms with Crippen LogP contribution in [-0.4, -0.2) is 17.3 Å². The Balaban J connectivity index is 1.75. The molecular formula is C24H14Cl3F3N2O5. The molecular weight excluding hydrogens is 560 g/mol. The maximum absolute atomic E-state index is 12.8. The van der Waals surface area contributed by atoms with E-state index in [1.165, 1.54) is 24.3 Å². The molecule has 1 unspecified atom stereocenters. The van der Waals surface area contributed by atoms with E-state index in [9.17, 15) is 33.3 Å². The summed E-state index contributed by atoms with van der Waals surface area (Å²) in [6, 6.07) is 12.1. The fraction of sp³-hybridized carbons (Fsp3) is 0.167. The van der Waals surface area contributed by atoms with Gasteiger partial charge in [-0.25, -0.2) is 0 Å². The lowest BCUT2D eigenvalue weighted by atomic mass is 9.94. The summed E-state index contributed by atoms with van der Waals surface area (Å²) in [5, 5.41) is 21.0. The minimum atomic E-state index is -4.60. The number of nitriles is 1. The molecule has 1 atom stereocenters. The van der Waals surface area contributed by atoms with E-state index in [2.05, 4.69) is 0 Å². The zero-order chi connectivity index (χ0) is 27.3. The molecule has 0 saturated carbocycles. The van der Waals surface area contributed by atoms with Crippen LogP contribution in [0.2, 0.25) is 15.1 Å². The van der Waals surface area contributed by atoms with Crippen molar-refractivity contribution in [1.29, 1.82) is 5.26 Å². The number of halogens is 6. The average Bonchev–Trinajstić information content (AvgIpc) is 2.81. The molecule has 0 aliphatic carbocycles. The van der Waals surface area contributed by atoms with Crippen LogP contribution in [0.5, 0.6) is 17.2 Å². The molecule has 0 saturated heterocycles. The van der Waals surface area contributed by atoms with Gasteiger partial charge in [0.25, 0.3) is 0 Å². The van der Waals surface area contributed by atoms with E-state index in [0.29, 0.717) is 11.1 Å². The van der Waals surface area contributed by atoms with Gasteiger partial charge in [-0.2, -0.15) is 18.4 Å². The van der Waals surface area contributed by atoms with Gasteiger partial charge in [-0.1, -0.05) is 40.9 Å². The zero-order valence-electron chi connectivity index (χ0n) is 18.4. The first-order chi connectivity index (χ1) is 17.4. The number of nitrogens with zero attached hydrogens (tertiary/aromatic N) is 2. The molecule has 192 valence electrons. The van der Waals surface area contributed by atoms with Gasteiger partial charge in [-0.15, -0.1) is 0 Å². The Labute approximate surface area is 223 Å². The van der Waals surface area contributed by atoms with Crippen LogP contribution in [0.1, 0.15) is 23.5 Å². The Morgan fingerprint density at radius 3 is 2.35 bits per heavy atom. The molecule has 0 radical (unpaired) electrons. The summed E-state index contributed by atoms with van der Waals surface area (Å²) >= 11 is 17.8. The number of hydrogen-bond acceptors (Lipinski definition) is 6. The van der Waals surface area contributed by atoms with Crippen molar-refractivity contribution >= 4 is 46.3 Å². The molecule has 0 amide bonds. The number of hydrogen-bond donors (Lipinski definition) is 0. The highest BCUT2D eigenvalue weighted by Crippen LogP contribution is 2.38. The second kappa shape index (κ2) is 11.7. The topological polar surface area (TPSA) is 102 Å². The average molecular weight is 574 g/mol. The molecule has 3 aromatic rings. The van der Waals surface area contributed by atoms with Gasteiger partial charge in [0.2, 0.25) is 5.75 Å². The highest BCUT2D eigenvalue weighted by Gasteiger charge is 2.31. The summed E-state index contributed by atoms with van der Waals surface area (Å²) in [5.41, 5.74) is -1.16. The molecule has 13 heteroatoms. The monoisotopic (exact) mass is 572 g/mol. The molecule has 0 bridgehead atoms. The Morgan fingerprint density at radius 2 is 1.76 bits per heavy atom. The Bertz CT molecular complexity index is 1390. The van der Waals surface area contributed by atoms with E-state index in [0.717, 1.165) is 24.3 Å². The second-order valence-corrected chi connectivity index (χ2v) is 8.68. The van der Waals surface area contributed by atoms with Crippen LogP contribution in [0.25, 0.3) is 0 Å². The molecule has 3 rings (SSSR count). The first-order valence-electron chi connectivity index (χ1n) is 10.2. The van der Waals surface area contributed by atoms with Crippen LogP contribution in [-0.2, 0) is 11.0 Å². The van der Waals surface area contributed by atoms with Gasteiger partial charge in [0.05, 0.1) is 28.2 Å². The van der Waals surface area contributed by atoms with E-state index >= 15 is 0 Å². The Hall–Kier alpha value is -3.52. The summed E-state index contributed by atoms with van der Waals surface area (Å²) in [4.78, 5) is 23.3. The lowest BCUT2D eigenvalue weighted by molar-refractivity contribution is -0.385. The van der Waals surface area contributed by atoms with Crippen LogP contribution in [0.4, 0.5) is 18.9 Å². The van der Waals surface area contributed by atoms with Gasteiger partial charge in [0.1, 0.15) is 17.4 Å². The summed E-state index contributed by atoms with van der Waals surface area (Å²) in [7, 11) is 0. The molecule has 0 heterocycles. The number of Topliss-reactive ketones (excluding diaryl/α,β-unsaturated/α-hetero) is 1. The first kappa shape index (κ1) is 28.1. The van der Waals surface area contributed by atoms with Gasteiger partial charge < -0.3 is 9.47 Å². The predicted octanol–water partition coefficient (Wildman–Crippen LogP) is 8.01. The standard InChI is InChI=1S/C24H14Cl3F3N2O5/c25-14-2-4-16(18(26)10-14)17(12-31)21(33)7-8-36-23-11-15(3-5-20(23)32(34)35)37-22-6-1-13(9-19(22)27)24(28,29)30/h1-6,9-11,17H,7-8H2. The lowest BCUT2D eigenvalue weighted by Gasteiger charge is -2.13. The number of alkyl halides is 3. The third kappa shape index (κ3) is 7.04. The van der Waals surface area contributed by atoms with Crippen molar-refractivity contribution in [3.8, 4) is 23.3 Å². The van der Waals surface area contributed by atoms with Gasteiger partial charge in [0, 0.05) is 28.6 Å². The zero-order valence-corrected chi connectivity index (χ0v) is 20.7. The quantitative estimate of drug-likeness (QED) is 0.190. The van der Waals surface area contributed by atoms with Gasteiger partial charge in [-0.05, 0) is 42.0 Å². The number of nitro groups is 1. The number of nitro benzene ring substituents is 1. The van der Waals surface area contributed by atoms with E-state index in [-0.39, 0.29) is 45.9 Å².